The number of aryl methyl sites for hydroxylation is 2. The van der Waals surface area contributed by atoms with Crippen molar-refractivity contribution in [2.45, 2.75) is 12.8 Å². The third kappa shape index (κ3) is 3.68. The zero-order valence-corrected chi connectivity index (χ0v) is 13.1. The molecule has 0 spiro atoms. The van der Waals surface area contributed by atoms with Crippen LogP contribution >= 0.6 is 0 Å². The predicted molar refractivity (Wildman–Crippen MR) is 88.5 cm³/mol. The first-order valence-corrected chi connectivity index (χ1v) is 8.93. The van der Waals surface area contributed by atoms with Crippen molar-refractivity contribution in [1.29, 1.82) is 0 Å². The van der Waals surface area contributed by atoms with Gasteiger partial charge in [-0.3, -0.25) is 4.72 Å². The molecule has 1 aromatic heterocycles. The molecule has 114 valence electrons. The molecule has 0 amide bonds. The fraction of sp³-hybridized carbons (Fsp3) is 0.176. The maximum Gasteiger partial charge on any atom is 0.229 e. The zero-order valence-electron chi connectivity index (χ0n) is 12.2. The quantitative estimate of drug-likeness (QED) is 0.782. The van der Waals surface area contributed by atoms with Crippen LogP contribution in [0, 0.1) is 0 Å². The first-order valence-electron chi connectivity index (χ1n) is 7.04. The Bertz CT molecular complexity index is 847. The molecule has 0 aliphatic carbocycles. The van der Waals surface area contributed by atoms with Gasteiger partial charge in [0.15, 0.2) is 0 Å². The molecule has 5 heteroatoms. The first kappa shape index (κ1) is 14.7. The van der Waals surface area contributed by atoms with Crippen molar-refractivity contribution in [2.75, 3.05) is 11.0 Å². The molecule has 1 heterocycles. The van der Waals surface area contributed by atoms with Gasteiger partial charge in [0.05, 0.1) is 6.26 Å². The number of furan rings is 1. The first-order chi connectivity index (χ1) is 10.5. The highest BCUT2D eigenvalue weighted by Gasteiger charge is 2.05. The molecule has 4 nitrogen and oxygen atoms in total. The lowest BCUT2D eigenvalue weighted by atomic mass is 10.1. The Morgan fingerprint density at radius 1 is 1.00 bits per heavy atom. The van der Waals surface area contributed by atoms with E-state index in [1.165, 1.54) is 0 Å². The van der Waals surface area contributed by atoms with Crippen LogP contribution in [0.3, 0.4) is 0 Å². The summed E-state index contributed by atoms with van der Waals surface area (Å²) < 4.78 is 30.6. The molecule has 0 aliphatic heterocycles. The molecule has 0 saturated carbocycles. The molecule has 0 atom stereocenters. The molecule has 0 radical (unpaired) electrons. The summed E-state index contributed by atoms with van der Waals surface area (Å²) in [7, 11) is -3.23. The van der Waals surface area contributed by atoms with Crippen molar-refractivity contribution >= 4 is 26.7 Å². The molecule has 0 unspecified atom stereocenters. The lowest BCUT2D eigenvalue weighted by Gasteiger charge is -2.05. The molecule has 3 rings (SSSR count). The van der Waals surface area contributed by atoms with E-state index < -0.39 is 10.0 Å². The van der Waals surface area contributed by atoms with Gasteiger partial charge in [-0.15, -0.1) is 0 Å². The van der Waals surface area contributed by atoms with Crippen LogP contribution in [0.1, 0.15) is 11.3 Å². The molecule has 22 heavy (non-hydrogen) atoms. The Hall–Kier alpha value is -2.27. The maximum absolute atomic E-state index is 11.2. The summed E-state index contributed by atoms with van der Waals surface area (Å²) in [4.78, 5) is 0. The maximum atomic E-state index is 11.2. The topological polar surface area (TPSA) is 59.3 Å². The van der Waals surface area contributed by atoms with Crippen LogP contribution in [0.25, 0.3) is 11.0 Å². The van der Waals surface area contributed by atoms with Gasteiger partial charge in [0.2, 0.25) is 10.0 Å². The van der Waals surface area contributed by atoms with Gasteiger partial charge in [0.25, 0.3) is 0 Å². The number of rotatable bonds is 5. The monoisotopic (exact) mass is 315 g/mol. The number of benzene rings is 2. The summed E-state index contributed by atoms with van der Waals surface area (Å²) in [6.07, 6.45) is 2.80. The van der Waals surface area contributed by atoms with Crippen LogP contribution in [0.15, 0.2) is 59.0 Å². The summed E-state index contributed by atoms with van der Waals surface area (Å²) in [5.74, 6) is 0.958. The molecule has 0 saturated heterocycles. The van der Waals surface area contributed by atoms with Crippen molar-refractivity contribution in [3.63, 3.8) is 0 Å². The number of nitrogens with one attached hydrogen (secondary N) is 1. The summed E-state index contributed by atoms with van der Waals surface area (Å²) in [5.41, 5.74) is 2.62. The van der Waals surface area contributed by atoms with Crippen LogP contribution in [-0.4, -0.2) is 14.7 Å². The third-order valence-electron chi connectivity index (χ3n) is 3.39. The number of hydrogen-bond acceptors (Lipinski definition) is 3. The predicted octanol–water partition coefficient (Wildman–Crippen LogP) is 3.59. The normalized spacial score (nSPS) is 11.7. The largest absolute Gasteiger partial charge is 0.461 e. The van der Waals surface area contributed by atoms with Crippen molar-refractivity contribution in [1.82, 2.24) is 0 Å². The second-order valence-electron chi connectivity index (χ2n) is 5.32. The van der Waals surface area contributed by atoms with Crippen LogP contribution in [0.2, 0.25) is 0 Å². The second-order valence-corrected chi connectivity index (χ2v) is 7.07. The summed E-state index contributed by atoms with van der Waals surface area (Å²) in [6.45, 7) is 0. The highest BCUT2D eigenvalue weighted by Crippen LogP contribution is 2.20. The number of fused-ring (bicyclic) bond motifs is 1. The summed E-state index contributed by atoms with van der Waals surface area (Å²) in [5, 5.41) is 1.12. The minimum Gasteiger partial charge on any atom is -0.461 e. The Morgan fingerprint density at radius 3 is 2.41 bits per heavy atom. The van der Waals surface area contributed by atoms with Gasteiger partial charge in [-0.25, -0.2) is 8.42 Å². The van der Waals surface area contributed by atoms with E-state index in [2.05, 4.69) is 10.8 Å². The average Bonchev–Trinajstić information content (AvgIpc) is 2.88. The van der Waals surface area contributed by atoms with E-state index >= 15 is 0 Å². The molecule has 1 N–H and O–H groups in total. The molecule has 0 aliphatic rings. The molecule has 3 aromatic rings. The van der Waals surface area contributed by atoms with Gasteiger partial charge in [0, 0.05) is 17.5 Å². The van der Waals surface area contributed by atoms with Crippen molar-refractivity contribution in [3.05, 3.63) is 65.9 Å². The minimum absolute atomic E-state index is 0.579. The van der Waals surface area contributed by atoms with Crippen molar-refractivity contribution < 1.29 is 12.8 Å². The average molecular weight is 315 g/mol. The van der Waals surface area contributed by atoms with E-state index in [4.69, 9.17) is 4.42 Å². The Balaban J connectivity index is 1.66. The Morgan fingerprint density at radius 2 is 1.73 bits per heavy atom. The lowest BCUT2D eigenvalue weighted by Crippen LogP contribution is -2.09. The number of anilines is 1. The summed E-state index contributed by atoms with van der Waals surface area (Å²) in [6, 6.07) is 17.4. The van der Waals surface area contributed by atoms with E-state index in [0.29, 0.717) is 5.69 Å². The molecular weight excluding hydrogens is 298 g/mol. The van der Waals surface area contributed by atoms with E-state index in [-0.39, 0.29) is 0 Å². The fourth-order valence-electron chi connectivity index (χ4n) is 2.38. The highest BCUT2D eigenvalue weighted by atomic mass is 32.2. The zero-order chi connectivity index (χ0) is 15.6. The van der Waals surface area contributed by atoms with Crippen LogP contribution in [-0.2, 0) is 22.9 Å². The van der Waals surface area contributed by atoms with Crippen LogP contribution in [0.4, 0.5) is 5.69 Å². The van der Waals surface area contributed by atoms with Gasteiger partial charge in [-0.1, -0.05) is 30.3 Å². The Kier molecular flexibility index (Phi) is 3.90. The molecule has 0 bridgehead atoms. The fourth-order valence-corrected chi connectivity index (χ4v) is 2.95. The van der Waals surface area contributed by atoms with Gasteiger partial charge in [-0.05, 0) is 36.2 Å². The summed E-state index contributed by atoms with van der Waals surface area (Å²) >= 11 is 0. The second kappa shape index (κ2) is 5.85. The van der Waals surface area contributed by atoms with E-state index in [1.807, 2.05) is 36.4 Å². The smallest absolute Gasteiger partial charge is 0.229 e. The van der Waals surface area contributed by atoms with E-state index in [9.17, 15) is 8.42 Å². The van der Waals surface area contributed by atoms with Crippen molar-refractivity contribution in [3.8, 4) is 0 Å². The third-order valence-corrected chi connectivity index (χ3v) is 4.00. The molecule has 2 aromatic carbocycles. The van der Waals surface area contributed by atoms with Crippen molar-refractivity contribution in [2.24, 2.45) is 0 Å². The lowest BCUT2D eigenvalue weighted by molar-refractivity contribution is 0.547. The molecule has 0 fully saturated rings. The number of sulfonamides is 1. The van der Waals surface area contributed by atoms with Gasteiger partial charge in [-0.2, -0.15) is 0 Å². The van der Waals surface area contributed by atoms with Gasteiger partial charge >= 0.3 is 0 Å². The number of hydrogen-bond donors (Lipinski definition) is 1. The standard InChI is InChI=1S/C17H17NO3S/c1-22(19,20)18-15-9-6-13(7-10-15)8-11-16-12-14-4-2-3-5-17(14)21-16/h2-7,9-10,12,18H,8,11H2,1H3. The van der Waals surface area contributed by atoms with Gasteiger partial charge < -0.3 is 4.42 Å². The SMILES string of the molecule is CS(=O)(=O)Nc1ccc(CCc2cc3ccccc3o2)cc1. The number of para-hydroxylation sites is 1. The van der Waals surface area contributed by atoms with Crippen LogP contribution in [0.5, 0.6) is 0 Å². The van der Waals surface area contributed by atoms with Crippen LogP contribution < -0.4 is 4.72 Å². The Labute approximate surface area is 129 Å². The molecular formula is C17H17NO3S. The van der Waals surface area contributed by atoms with Gasteiger partial charge in [0.1, 0.15) is 11.3 Å². The van der Waals surface area contributed by atoms with E-state index in [1.54, 1.807) is 12.1 Å². The van der Waals surface area contributed by atoms with E-state index in [0.717, 1.165) is 41.4 Å². The minimum atomic E-state index is -3.23. The highest BCUT2D eigenvalue weighted by molar-refractivity contribution is 7.92.